The zero-order valence-corrected chi connectivity index (χ0v) is 15.6. The number of para-hydroxylation sites is 1. The average Bonchev–Trinajstić information content (AvgIpc) is 3.20. The van der Waals surface area contributed by atoms with Gasteiger partial charge < -0.3 is 9.26 Å². The number of halogens is 3. The number of nitrogens with zero attached hydrogens (tertiary/aromatic N) is 3. The molecule has 4 rings (SSSR count). The second-order valence-corrected chi connectivity index (χ2v) is 6.52. The predicted octanol–water partition coefficient (Wildman–Crippen LogP) is 4.97. The summed E-state index contributed by atoms with van der Waals surface area (Å²) in [5, 5.41) is 3.52. The van der Waals surface area contributed by atoms with Gasteiger partial charge in [-0.1, -0.05) is 41.1 Å². The fraction of sp³-hybridized carbons (Fsp3) is 0.143. The first-order chi connectivity index (χ1) is 14.3. The lowest BCUT2D eigenvalue weighted by Crippen LogP contribution is -2.16. The summed E-state index contributed by atoms with van der Waals surface area (Å²) >= 11 is 0. The highest BCUT2D eigenvalue weighted by Crippen LogP contribution is 2.37. The van der Waals surface area contributed by atoms with Crippen LogP contribution in [0, 0.1) is 6.92 Å². The van der Waals surface area contributed by atoms with E-state index in [0.29, 0.717) is 5.56 Å². The number of carbonyl (C=O) groups is 1. The molecule has 0 saturated heterocycles. The molecule has 9 heteroatoms. The Morgan fingerprint density at radius 1 is 1.10 bits per heavy atom. The first kappa shape index (κ1) is 19.6. The van der Waals surface area contributed by atoms with Crippen LogP contribution in [-0.4, -0.2) is 21.1 Å². The minimum atomic E-state index is -4.76. The third-order valence-corrected chi connectivity index (χ3v) is 4.38. The summed E-state index contributed by atoms with van der Waals surface area (Å²) in [6, 6.07) is 13.0. The van der Waals surface area contributed by atoms with Crippen LogP contribution >= 0.6 is 0 Å². The van der Waals surface area contributed by atoms with Crippen molar-refractivity contribution in [1.29, 1.82) is 0 Å². The number of benzene rings is 2. The van der Waals surface area contributed by atoms with Gasteiger partial charge in [-0.3, -0.25) is 4.98 Å². The van der Waals surface area contributed by atoms with Crippen molar-refractivity contribution < 1.29 is 27.2 Å². The fourth-order valence-electron chi connectivity index (χ4n) is 2.94. The lowest BCUT2D eigenvalue weighted by atomic mass is 10.0. The molecule has 0 bridgehead atoms. The van der Waals surface area contributed by atoms with Gasteiger partial charge in [0, 0.05) is 17.1 Å². The lowest BCUT2D eigenvalue weighted by Gasteiger charge is -2.14. The number of aromatic nitrogens is 3. The minimum Gasteiger partial charge on any atom is -0.454 e. The normalized spacial score (nSPS) is 11.6. The van der Waals surface area contributed by atoms with Crippen molar-refractivity contribution in [3.05, 3.63) is 77.2 Å². The fourth-order valence-corrected chi connectivity index (χ4v) is 2.94. The minimum absolute atomic E-state index is 0.0289. The van der Waals surface area contributed by atoms with Crippen LogP contribution in [0.5, 0.6) is 0 Å². The second kappa shape index (κ2) is 7.58. The second-order valence-electron chi connectivity index (χ2n) is 6.52. The van der Waals surface area contributed by atoms with Gasteiger partial charge in [0.15, 0.2) is 6.61 Å². The molecule has 2 heterocycles. The molecular formula is C21H14F3N3O3. The molecule has 0 aliphatic rings. The smallest absolute Gasteiger partial charge is 0.417 e. The quantitative estimate of drug-likeness (QED) is 0.440. The first-order valence-electron chi connectivity index (χ1n) is 8.84. The topological polar surface area (TPSA) is 78.1 Å². The molecule has 0 aliphatic heterocycles. The number of hydrogen-bond donors (Lipinski definition) is 0. The van der Waals surface area contributed by atoms with E-state index in [1.54, 1.807) is 18.2 Å². The number of pyridine rings is 1. The summed E-state index contributed by atoms with van der Waals surface area (Å²) in [6.07, 6.45) is -3.90. The molecule has 0 spiro atoms. The predicted molar refractivity (Wildman–Crippen MR) is 100 cm³/mol. The van der Waals surface area contributed by atoms with Crippen LogP contribution in [0.15, 0.2) is 59.3 Å². The van der Waals surface area contributed by atoms with E-state index >= 15 is 0 Å². The summed E-state index contributed by atoms with van der Waals surface area (Å²) in [6.45, 7) is 1.48. The maximum absolute atomic E-state index is 13.6. The average molecular weight is 413 g/mol. The van der Waals surface area contributed by atoms with Crippen LogP contribution in [-0.2, 0) is 17.5 Å². The summed E-state index contributed by atoms with van der Waals surface area (Å²) in [5.41, 5.74) is 0.0814. The molecule has 2 aromatic heterocycles. The number of fused-ring (bicyclic) bond motifs is 1. The highest BCUT2D eigenvalue weighted by Gasteiger charge is 2.38. The summed E-state index contributed by atoms with van der Waals surface area (Å²) < 4.78 is 51.1. The highest BCUT2D eigenvalue weighted by molar-refractivity contribution is 5.97. The first-order valence-corrected chi connectivity index (χ1v) is 8.84. The number of carbonyl (C=O) groups excluding carboxylic acids is 1. The van der Waals surface area contributed by atoms with E-state index < -0.39 is 29.9 Å². The number of aryl methyl sites for hydroxylation is 1. The summed E-state index contributed by atoms with van der Waals surface area (Å²) in [4.78, 5) is 20.4. The highest BCUT2D eigenvalue weighted by atomic mass is 19.4. The van der Waals surface area contributed by atoms with E-state index in [4.69, 9.17) is 9.26 Å². The standard InChI is InChI=1S/C21H14F3N3O3/c1-12-6-8-13(9-7-12)19-26-17(27-30-19)11-29-20(28)15-10-25-16-5-3-2-4-14(16)18(15)21(22,23)24/h2-10H,11H2,1H3. The van der Waals surface area contributed by atoms with E-state index in [1.165, 1.54) is 18.2 Å². The van der Waals surface area contributed by atoms with Gasteiger partial charge in [0.25, 0.3) is 5.89 Å². The van der Waals surface area contributed by atoms with E-state index in [2.05, 4.69) is 15.1 Å². The number of rotatable bonds is 4. The number of hydrogen-bond acceptors (Lipinski definition) is 6. The molecule has 0 atom stereocenters. The molecule has 30 heavy (non-hydrogen) atoms. The van der Waals surface area contributed by atoms with Crippen molar-refractivity contribution in [3.63, 3.8) is 0 Å². The van der Waals surface area contributed by atoms with Crippen LogP contribution in [0.1, 0.15) is 27.3 Å². The molecule has 6 nitrogen and oxygen atoms in total. The van der Waals surface area contributed by atoms with Gasteiger partial charge in [-0.05, 0) is 25.1 Å². The SMILES string of the molecule is Cc1ccc(-c2nc(COC(=O)c3cnc4ccccc4c3C(F)(F)F)no2)cc1. The van der Waals surface area contributed by atoms with Crippen molar-refractivity contribution in [3.8, 4) is 11.5 Å². The molecule has 152 valence electrons. The Labute approximate surface area is 168 Å². The lowest BCUT2D eigenvalue weighted by molar-refractivity contribution is -0.136. The number of alkyl halides is 3. The molecular weight excluding hydrogens is 399 g/mol. The van der Waals surface area contributed by atoms with Gasteiger partial charge in [-0.2, -0.15) is 18.2 Å². The van der Waals surface area contributed by atoms with Crippen LogP contribution in [0.4, 0.5) is 13.2 Å². The molecule has 0 unspecified atom stereocenters. The van der Waals surface area contributed by atoms with Crippen LogP contribution < -0.4 is 0 Å². The molecule has 0 fully saturated rings. The van der Waals surface area contributed by atoms with Crippen molar-refractivity contribution in [2.24, 2.45) is 0 Å². The van der Waals surface area contributed by atoms with E-state index in [0.717, 1.165) is 11.8 Å². The Morgan fingerprint density at radius 3 is 2.57 bits per heavy atom. The van der Waals surface area contributed by atoms with Gasteiger partial charge in [0.05, 0.1) is 16.6 Å². The third-order valence-electron chi connectivity index (χ3n) is 4.38. The zero-order valence-electron chi connectivity index (χ0n) is 15.6. The largest absolute Gasteiger partial charge is 0.454 e. The van der Waals surface area contributed by atoms with Crippen molar-refractivity contribution in [2.45, 2.75) is 19.7 Å². The van der Waals surface area contributed by atoms with Crippen molar-refractivity contribution in [1.82, 2.24) is 15.1 Å². The maximum Gasteiger partial charge on any atom is 0.417 e. The van der Waals surface area contributed by atoms with Gasteiger partial charge in [0.1, 0.15) is 0 Å². The van der Waals surface area contributed by atoms with Crippen molar-refractivity contribution in [2.75, 3.05) is 0 Å². The van der Waals surface area contributed by atoms with Gasteiger partial charge in [-0.25, -0.2) is 4.79 Å². The Bertz CT molecular complexity index is 1220. The Morgan fingerprint density at radius 2 is 1.83 bits per heavy atom. The Balaban J connectivity index is 1.56. The molecule has 4 aromatic rings. The molecule has 0 N–H and O–H groups in total. The monoisotopic (exact) mass is 413 g/mol. The number of ether oxygens (including phenoxy) is 1. The zero-order chi connectivity index (χ0) is 21.3. The van der Waals surface area contributed by atoms with Crippen LogP contribution in [0.25, 0.3) is 22.4 Å². The summed E-state index contributed by atoms with van der Waals surface area (Å²) in [7, 11) is 0. The molecule has 0 radical (unpaired) electrons. The number of esters is 1. The Hall–Kier alpha value is -3.75. The molecule has 2 aromatic carbocycles. The molecule has 0 aliphatic carbocycles. The third kappa shape index (κ3) is 3.86. The molecule has 0 saturated carbocycles. The summed E-state index contributed by atoms with van der Waals surface area (Å²) in [5.74, 6) is -0.937. The van der Waals surface area contributed by atoms with Crippen LogP contribution in [0.2, 0.25) is 0 Å². The van der Waals surface area contributed by atoms with Crippen LogP contribution in [0.3, 0.4) is 0 Å². The van der Waals surface area contributed by atoms with Gasteiger partial charge in [0.2, 0.25) is 5.82 Å². The Kier molecular flexibility index (Phi) is 4.94. The van der Waals surface area contributed by atoms with E-state index in [-0.39, 0.29) is 22.6 Å². The van der Waals surface area contributed by atoms with Gasteiger partial charge in [-0.15, -0.1) is 0 Å². The maximum atomic E-state index is 13.6. The van der Waals surface area contributed by atoms with Crippen molar-refractivity contribution >= 4 is 16.9 Å². The van der Waals surface area contributed by atoms with Gasteiger partial charge >= 0.3 is 12.1 Å². The molecule has 0 amide bonds. The van der Waals surface area contributed by atoms with E-state index in [9.17, 15) is 18.0 Å². The van der Waals surface area contributed by atoms with E-state index in [1.807, 2.05) is 19.1 Å².